The molecule has 0 spiro atoms. The molecule has 0 amide bonds. The van der Waals surface area contributed by atoms with Crippen LogP contribution < -0.4 is 10.6 Å². The third-order valence-electron chi connectivity index (χ3n) is 2.36. The van der Waals surface area contributed by atoms with Crippen molar-refractivity contribution in [2.75, 3.05) is 19.6 Å². The maximum atomic E-state index is 10.2. The number of carboxylic acids is 1. The Morgan fingerprint density at radius 3 is 3.00 bits per heavy atom. The SMILES string of the molecule is O=C(O)CNCCC1CCCCN1. The molecule has 0 aromatic carbocycles. The Labute approximate surface area is 78.7 Å². The lowest BCUT2D eigenvalue weighted by Gasteiger charge is -2.23. The molecule has 1 unspecified atom stereocenters. The molecule has 0 saturated carbocycles. The molecule has 4 heteroatoms. The first kappa shape index (κ1) is 10.5. The second-order valence-corrected chi connectivity index (χ2v) is 3.51. The quantitative estimate of drug-likeness (QED) is 0.536. The van der Waals surface area contributed by atoms with Crippen molar-refractivity contribution < 1.29 is 9.90 Å². The second-order valence-electron chi connectivity index (χ2n) is 3.51. The van der Waals surface area contributed by atoms with E-state index in [9.17, 15) is 4.79 Å². The molecule has 0 aromatic rings. The third-order valence-corrected chi connectivity index (χ3v) is 2.36. The van der Waals surface area contributed by atoms with Gasteiger partial charge in [-0.2, -0.15) is 0 Å². The fourth-order valence-corrected chi connectivity index (χ4v) is 1.64. The summed E-state index contributed by atoms with van der Waals surface area (Å²) in [4.78, 5) is 10.2. The van der Waals surface area contributed by atoms with E-state index in [1.165, 1.54) is 19.3 Å². The standard InChI is InChI=1S/C9H18N2O2/c12-9(13)7-10-6-4-8-3-1-2-5-11-8/h8,10-11H,1-7H2,(H,12,13). The molecule has 4 nitrogen and oxygen atoms in total. The van der Waals surface area contributed by atoms with Gasteiger partial charge in [-0.25, -0.2) is 0 Å². The summed E-state index contributed by atoms with van der Waals surface area (Å²) < 4.78 is 0. The van der Waals surface area contributed by atoms with E-state index in [4.69, 9.17) is 5.11 Å². The highest BCUT2D eigenvalue weighted by Gasteiger charge is 2.11. The van der Waals surface area contributed by atoms with E-state index in [1.807, 2.05) is 0 Å². The molecule has 1 heterocycles. The van der Waals surface area contributed by atoms with Gasteiger partial charge in [0.05, 0.1) is 6.54 Å². The Morgan fingerprint density at radius 1 is 1.54 bits per heavy atom. The lowest BCUT2D eigenvalue weighted by Crippen LogP contribution is -2.37. The average Bonchev–Trinajstić information content (AvgIpc) is 2.14. The van der Waals surface area contributed by atoms with Crippen LogP contribution in [0.5, 0.6) is 0 Å². The van der Waals surface area contributed by atoms with Gasteiger partial charge in [0.2, 0.25) is 0 Å². The Morgan fingerprint density at radius 2 is 2.38 bits per heavy atom. The van der Waals surface area contributed by atoms with E-state index < -0.39 is 5.97 Å². The molecular formula is C9H18N2O2. The maximum Gasteiger partial charge on any atom is 0.317 e. The van der Waals surface area contributed by atoms with Gasteiger partial charge in [-0.1, -0.05) is 6.42 Å². The van der Waals surface area contributed by atoms with Gasteiger partial charge in [-0.3, -0.25) is 4.79 Å². The normalized spacial score (nSPS) is 22.9. The molecule has 3 N–H and O–H groups in total. The number of carboxylic acid groups (broad SMARTS) is 1. The number of aliphatic carboxylic acids is 1. The second kappa shape index (κ2) is 5.94. The van der Waals surface area contributed by atoms with Crippen molar-refractivity contribution in [1.29, 1.82) is 0 Å². The van der Waals surface area contributed by atoms with Crippen LogP contribution in [0.3, 0.4) is 0 Å². The minimum atomic E-state index is -0.781. The number of carbonyl (C=O) groups is 1. The summed E-state index contributed by atoms with van der Waals surface area (Å²) in [5.74, 6) is -0.781. The van der Waals surface area contributed by atoms with E-state index in [0.29, 0.717) is 6.04 Å². The first-order valence-corrected chi connectivity index (χ1v) is 4.95. The number of hydrogen-bond acceptors (Lipinski definition) is 3. The zero-order valence-electron chi connectivity index (χ0n) is 7.88. The maximum absolute atomic E-state index is 10.2. The molecule has 1 rings (SSSR count). The van der Waals surface area contributed by atoms with Crippen molar-refractivity contribution >= 4 is 5.97 Å². The van der Waals surface area contributed by atoms with Crippen molar-refractivity contribution in [2.45, 2.75) is 31.7 Å². The first-order valence-electron chi connectivity index (χ1n) is 4.95. The van der Waals surface area contributed by atoms with Crippen molar-refractivity contribution in [2.24, 2.45) is 0 Å². The monoisotopic (exact) mass is 186 g/mol. The van der Waals surface area contributed by atoms with Crippen molar-refractivity contribution in [3.8, 4) is 0 Å². The van der Waals surface area contributed by atoms with E-state index in [0.717, 1.165) is 19.5 Å². The minimum absolute atomic E-state index is 0.0761. The van der Waals surface area contributed by atoms with Crippen molar-refractivity contribution in [1.82, 2.24) is 10.6 Å². The summed E-state index contributed by atoms with van der Waals surface area (Å²) in [6.07, 6.45) is 4.84. The van der Waals surface area contributed by atoms with Crippen LogP contribution in [0.15, 0.2) is 0 Å². The summed E-state index contributed by atoms with van der Waals surface area (Å²) in [5.41, 5.74) is 0. The molecule has 13 heavy (non-hydrogen) atoms. The fraction of sp³-hybridized carbons (Fsp3) is 0.889. The molecule has 76 valence electrons. The summed E-state index contributed by atoms with van der Waals surface area (Å²) in [6.45, 7) is 1.99. The number of rotatable bonds is 5. The lowest BCUT2D eigenvalue weighted by atomic mass is 10.0. The predicted molar refractivity (Wildman–Crippen MR) is 50.8 cm³/mol. The molecule has 1 fully saturated rings. The zero-order valence-corrected chi connectivity index (χ0v) is 7.88. The lowest BCUT2D eigenvalue weighted by molar-refractivity contribution is -0.135. The van der Waals surface area contributed by atoms with E-state index in [-0.39, 0.29) is 6.54 Å². The Hall–Kier alpha value is -0.610. The van der Waals surface area contributed by atoms with E-state index in [2.05, 4.69) is 10.6 Å². The number of piperidine rings is 1. The molecular weight excluding hydrogens is 168 g/mol. The first-order chi connectivity index (χ1) is 6.29. The van der Waals surface area contributed by atoms with Crippen LogP contribution in [0.4, 0.5) is 0 Å². The summed E-state index contributed by atoms with van der Waals surface area (Å²) in [7, 11) is 0. The van der Waals surface area contributed by atoms with Crippen LogP contribution in [0.2, 0.25) is 0 Å². The van der Waals surface area contributed by atoms with Gasteiger partial charge >= 0.3 is 5.97 Å². The van der Waals surface area contributed by atoms with Crippen LogP contribution in [-0.2, 0) is 4.79 Å². The van der Waals surface area contributed by atoms with Gasteiger partial charge in [-0.15, -0.1) is 0 Å². The van der Waals surface area contributed by atoms with Gasteiger partial charge in [0.25, 0.3) is 0 Å². The smallest absolute Gasteiger partial charge is 0.317 e. The Balaban J connectivity index is 1.95. The highest BCUT2D eigenvalue weighted by molar-refractivity contribution is 5.68. The number of hydrogen-bond donors (Lipinski definition) is 3. The molecule has 1 aliphatic rings. The highest BCUT2D eigenvalue weighted by Crippen LogP contribution is 2.08. The van der Waals surface area contributed by atoms with Crippen LogP contribution in [0, 0.1) is 0 Å². The van der Waals surface area contributed by atoms with Crippen LogP contribution in [-0.4, -0.2) is 36.8 Å². The third kappa shape index (κ3) is 4.85. The summed E-state index contributed by atoms with van der Waals surface area (Å²) in [6, 6.07) is 0.593. The van der Waals surface area contributed by atoms with Crippen LogP contribution in [0.25, 0.3) is 0 Å². The Bertz CT molecular complexity index is 156. The molecule has 1 saturated heterocycles. The number of nitrogens with one attached hydrogen (secondary N) is 2. The van der Waals surface area contributed by atoms with E-state index in [1.54, 1.807) is 0 Å². The average molecular weight is 186 g/mol. The van der Waals surface area contributed by atoms with Gasteiger partial charge in [0, 0.05) is 6.04 Å². The van der Waals surface area contributed by atoms with Gasteiger partial charge < -0.3 is 15.7 Å². The molecule has 0 radical (unpaired) electrons. The Kier molecular flexibility index (Phi) is 4.78. The minimum Gasteiger partial charge on any atom is -0.480 e. The molecule has 1 aliphatic heterocycles. The van der Waals surface area contributed by atoms with Gasteiger partial charge in [-0.05, 0) is 32.4 Å². The topological polar surface area (TPSA) is 61.4 Å². The van der Waals surface area contributed by atoms with Crippen molar-refractivity contribution in [3.63, 3.8) is 0 Å². The van der Waals surface area contributed by atoms with Crippen LogP contribution in [0.1, 0.15) is 25.7 Å². The van der Waals surface area contributed by atoms with Gasteiger partial charge in [0.1, 0.15) is 0 Å². The molecule has 0 aromatic heterocycles. The molecule has 0 aliphatic carbocycles. The van der Waals surface area contributed by atoms with Crippen LogP contribution >= 0.6 is 0 Å². The zero-order chi connectivity index (χ0) is 9.52. The highest BCUT2D eigenvalue weighted by atomic mass is 16.4. The fourth-order valence-electron chi connectivity index (χ4n) is 1.64. The van der Waals surface area contributed by atoms with Crippen molar-refractivity contribution in [3.05, 3.63) is 0 Å². The summed E-state index contributed by atoms with van der Waals surface area (Å²) >= 11 is 0. The summed E-state index contributed by atoms with van der Waals surface area (Å²) in [5, 5.41) is 14.7. The van der Waals surface area contributed by atoms with E-state index >= 15 is 0 Å². The van der Waals surface area contributed by atoms with Gasteiger partial charge in [0.15, 0.2) is 0 Å². The largest absolute Gasteiger partial charge is 0.480 e. The predicted octanol–water partition coefficient (Wildman–Crippen LogP) is 0.193. The molecule has 0 bridgehead atoms. The molecule has 1 atom stereocenters.